The van der Waals surface area contributed by atoms with Crippen molar-refractivity contribution in [3.63, 3.8) is 0 Å². The Kier molecular flexibility index (Phi) is 2.87. The Morgan fingerprint density at radius 2 is 2.06 bits per heavy atom. The van der Waals surface area contributed by atoms with Crippen LogP contribution >= 0.6 is 0 Å². The molecule has 0 unspecified atom stereocenters. The number of hydrogen-bond donors (Lipinski definition) is 2. The van der Waals surface area contributed by atoms with Crippen molar-refractivity contribution in [2.45, 2.75) is 6.92 Å². The summed E-state index contributed by atoms with van der Waals surface area (Å²) in [6, 6.07) is 8.64. The summed E-state index contributed by atoms with van der Waals surface area (Å²) < 4.78 is 5.32. The fourth-order valence-corrected chi connectivity index (χ4v) is 1.86. The maximum Gasteiger partial charge on any atom is 0.340 e. The van der Waals surface area contributed by atoms with Crippen molar-refractivity contribution < 1.29 is 14.6 Å². The van der Waals surface area contributed by atoms with Gasteiger partial charge in [-0.3, -0.25) is 0 Å². The van der Waals surface area contributed by atoms with Gasteiger partial charge in [0.05, 0.1) is 6.61 Å². The molecule has 0 radical (unpaired) electrons. The lowest BCUT2D eigenvalue weighted by atomic mass is 10.0. The zero-order valence-electron chi connectivity index (χ0n) is 9.43. The molecule has 0 aliphatic rings. The summed E-state index contributed by atoms with van der Waals surface area (Å²) in [4.78, 5) is 11.3. The van der Waals surface area contributed by atoms with E-state index in [1.54, 1.807) is 30.3 Å². The highest BCUT2D eigenvalue weighted by Crippen LogP contribution is 2.31. The van der Waals surface area contributed by atoms with Crippen LogP contribution in [-0.4, -0.2) is 17.7 Å². The average molecular weight is 231 g/mol. The molecule has 2 rings (SSSR count). The highest BCUT2D eigenvalue weighted by molar-refractivity contribution is 6.09. The van der Waals surface area contributed by atoms with E-state index in [1.807, 2.05) is 6.92 Å². The Morgan fingerprint density at radius 1 is 1.29 bits per heavy atom. The summed E-state index contributed by atoms with van der Waals surface area (Å²) in [6.45, 7) is 2.24. The second-order valence-corrected chi connectivity index (χ2v) is 3.62. The maximum atomic E-state index is 11.3. The summed E-state index contributed by atoms with van der Waals surface area (Å²) in [5.74, 6) is -0.636. The summed E-state index contributed by atoms with van der Waals surface area (Å²) in [7, 11) is 0. The molecule has 2 aromatic carbocycles. The number of nitrogens with two attached hydrogens (primary N) is 1. The molecular weight excluding hydrogens is 218 g/mol. The molecule has 0 aliphatic carbocycles. The van der Waals surface area contributed by atoms with E-state index in [0.717, 1.165) is 5.39 Å². The molecule has 0 atom stereocenters. The van der Waals surface area contributed by atoms with Crippen molar-refractivity contribution in [1.29, 1.82) is 0 Å². The quantitative estimate of drug-likeness (QED) is 0.796. The predicted octanol–water partition coefficient (Wildman–Crippen LogP) is 2.52. The first-order valence-corrected chi connectivity index (χ1v) is 5.32. The van der Waals surface area contributed by atoms with Crippen molar-refractivity contribution >= 4 is 22.4 Å². The highest BCUT2D eigenvalue weighted by Gasteiger charge is 2.16. The van der Waals surface area contributed by atoms with Crippen molar-refractivity contribution in [1.82, 2.24) is 0 Å². The van der Waals surface area contributed by atoms with Gasteiger partial charge in [0.1, 0.15) is 11.3 Å². The van der Waals surface area contributed by atoms with Crippen LogP contribution in [0.4, 0.5) is 5.69 Å². The second kappa shape index (κ2) is 4.33. The number of carbonyl (C=O) groups is 1. The monoisotopic (exact) mass is 231 g/mol. The van der Waals surface area contributed by atoms with Gasteiger partial charge in [-0.05, 0) is 25.1 Å². The largest absolute Gasteiger partial charge is 0.493 e. The van der Waals surface area contributed by atoms with Crippen LogP contribution in [0.1, 0.15) is 17.3 Å². The third-order valence-electron chi connectivity index (χ3n) is 2.57. The van der Waals surface area contributed by atoms with Gasteiger partial charge in [0, 0.05) is 16.5 Å². The first-order chi connectivity index (χ1) is 8.15. The van der Waals surface area contributed by atoms with Crippen LogP contribution in [0.25, 0.3) is 10.8 Å². The molecule has 4 heteroatoms. The van der Waals surface area contributed by atoms with E-state index in [2.05, 4.69) is 0 Å². The van der Waals surface area contributed by atoms with Crippen molar-refractivity contribution in [2.24, 2.45) is 0 Å². The van der Waals surface area contributed by atoms with Gasteiger partial charge in [0.15, 0.2) is 0 Å². The fraction of sp³-hybridized carbons (Fsp3) is 0.154. The molecular formula is C13H13NO3. The SMILES string of the molecule is CCOc1ccc2c(N)cccc2c1C(=O)O. The molecule has 0 spiro atoms. The van der Waals surface area contributed by atoms with Crippen LogP contribution in [0.15, 0.2) is 30.3 Å². The molecule has 2 aromatic rings. The maximum absolute atomic E-state index is 11.3. The smallest absolute Gasteiger partial charge is 0.340 e. The standard InChI is InChI=1S/C13H13NO3/c1-2-17-11-7-6-8-9(12(11)13(15)16)4-3-5-10(8)14/h3-7H,2,14H2,1H3,(H,15,16). The van der Waals surface area contributed by atoms with E-state index in [9.17, 15) is 9.90 Å². The van der Waals surface area contributed by atoms with E-state index >= 15 is 0 Å². The molecule has 88 valence electrons. The number of fused-ring (bicyclic) bond motifs is 1. The molecule has 17 heavy (non-hydrogen) atoms. The topological polar surface area (TPSA) is 72.5 Å². The molecule has 4 nitrogen and oxygen atoms in total. The number of hydrogen-bond acceptors (Lipinski definition) is 3. The van der Waals surface area contributed by atoms with E-state index in [0.29, 0.717) is 23.4 Å². The number of aromatic carboxylic acids is 1. The molecule has 0 heterocycles. The fourth-order valence-electron chi connectivity index (χ4n) is 1.86. The van der Waals surface area contributed by atoms with Crippen molar-refractivity contribution in [3.8, 4) is 5.75 Å². The Balaban J connectivity index is 2.79. The lowest BCUT2D eigenvalue weighted by Gasteiger charge is -2.11. The Morgan fingerprint density at radius 3 is 2.71 bits per heavy atom. The Labute approximate surface area is 98.6 Å². The molecule has 0 amide bonds. The summed E-state index contributed by atoms with van der Waals surface area (Å²) in [5, 5.41) is 10.6. The highest BCUT2D eigenvalue weighted by atomic mass is 16.5. The number of ether oxygens (including phenoxy) is 1. The van der Waals surface area contributed by atoms with E-state index in [-0.39, 0.29) is 5.56 Å². The molecule has 0 saturated heterocycles. The van der Waals surface area contributed by atoms with Crippen LogP contribution in [0, 0.1) is 0 Å². The first kappa shape index (κ1) is 11.3. The lowest BCUT2D eigenvalue weighted by molar-refractivity contribution is 0.0695. The third-order valence-corrected chi connectivity index (χ3v) is 2.57. The molecule has 0 bridgehead atoms. The van der Waals surface area contributed by atoms with Crippen LogP contribution in [0.3, 0.4) is 0 Å². The Hall–Kier alpha value is -2.23. The first-order valence-electron chi connectivity index (χ1n) is 5.32. The number of nitrogen functional groups attached to an aromatic ring is 1. The number of rotatable bonds is 3. The minimum Gasteiger partial charge on any atom is -0.493 e. The number of benzene rings is 2. The number of anilines is 1. The number of carboxylic acids is 1. The Bertz CT molecular complexity index is 578. The van der Waals surface area contributed by atoms with Crippen molar-refractivity contribution in [2.75, 3.05) is 12.3 Å². The van der Waals surface area contributed by atoms with Gasteiger partial charge in [0.25, 0.3) is 0 Å². The van der Waals surface area contributed by atoms with Gasteiger partial charge in [0.2, 0.25) is 0 Å². The van der Waals surface area contributed by atoms with Crippen LogP contribution in [0.5, 0.6) is 5.75 Å². The van der Waals surface area contributed by atoms with Gasteiger partial charge in [-0.2, -0.15) is 0 Å². The zero-order valence-corrected chi connectivity index (χ0v) is 9.43. The van der Waals surface area contributed by atoms with Gasteiger partial charge >= 0.3 is 5.97 Å². The third kappa shape index (κ3) is 1.89. The molecule has 0 fully saturated rings. The van der Waals surface area contributed by atoms with E-state index < -0.39 is 5.97 Å². The van der Waals surface area contributed by atoms with Crippen molar-refractivity contribution in [3.05, 3.63) is 35.9 Å². The van der Waals surface area contributed by atoms with E-state index in [4.69, 9.17) is 10.5 Å². The zero-order chi connectivity index (χ0) is 12.4. The van der Waals surface area contributed by atoms with Gasteiger partial charge < -0.3 is 15.6 Å². The van der Waals surface area contributed by atoms with E-state index in [1.165, 1.54) is 0 Å². The molecule has 0 saturated carbocycles. The van der Waals surface area contributed by atoms with Crippen LogP contribution in [0.2, 0.25) is 0 Å². The van der Waals surface area contributed by atoms with Crippen LogP contribution < -0.4 is 10.5 Å². The minimum atomic E-state index is -1.01. The van der Waals surface area contributed by atoms with Gasteiger partial charge in [-0.15, -0.1) is 0 Å². The predicted molar refractivity (Wildman–Crippen MR) is 66.5 cm³/mol. The van der Waals surface area contributed by atoms with Gasteiger partial charge in [-0.1, -0.05) is 12.1 Å². The molecule has 0 aromatic heterocycles. The summed E-state index contributed by atoms with van der Waals surface area (Å²) in [6.07, 6.45) is 0. The summed E-state index contributed by atoms with van der Waals surface area (Å²) >= 11 is 0. The minimum absolute atomic E-state index is 0.164. The molecule has 3 N–H and O–H groups in total. The average Bonchev–Trinajstić information content (AvgIpc) is 2.29. The molecule has 0 aliphatic heterocycles. The second-order valence-electron chi connectivity index (χ2n) is 3.62. The normalized spacial score (nSPS) is 10.4. The lowest BCUT2D eigenvalue weighted by Crippen LogP contribution is -2.04. The van der Waals surface area contributed by atoms with Gasteiger partial charge in [-0.25, -0.2) is 4.79 Å². The summed E-state index contributed by atoms with van der Waals surface area (Å²) in [5.41, 5.74) is 6.54. The number of carboxylic acid groups (broad SMARTS) is 1. The van der Waals surface area contributed by atoms with Crippen LogP contribution in [-0.2, 0) is 0 Å².